The maximum absolute atomic E-state index is 11.3. The highest BCUT2D eigenvalue weighted by atomic mass is 31.2. The van der Waals surface area contributed by atoms with Crippen molar-refractivity contribution in [3.05, 3.63) is 138 Å². The Kier molecular flexibility index (Phi) is 7.17. The largest absolute Gasteiger partial charge is 0.325 e. The van der Waals surface area contributed by atoms with Crippen molar-refractivity contribution in [1.82, 2.24) is 0 Å². The van der Waals surface area contributed by atoms with Crippen LogP contribution < -0.4 is 4.90 Å². The first-order chi connectivity index (χ1) is 19.7. The van der Waals surface area contributed by atoms with Crippen molar-refractivity contribution in [2.24, 2.45) is 0 Å². The Morgan fingerprint density at radius 1 is 0.634 bits per heavy atom. The number of rotatable bonds is 8. The number of hydrogen-bond donors (Lipinski definition) is 2. The van der Waals surface area contributed by atoms with Crippen LogP contribution in [0.4, 0.5) is 17.1 Å². The van der Waals surface area contributed by atoms with E-state index < -0.39 is 7.60 Å². The fourth-order valence-electron chi connectivity index (χ4n) is 6.01. The maximum Gasteiger partial charge on any atom is 0.325 e. The fourth-order valence-corrected chi connectivity index (χ4v) is 6.58. The molecule has 0 aromatic heterocycles. The molecule has 0 saturated heterocycles. The monoisotopic (exact) mass is 559 g/mol. The summed E-state index contributed by atoms with van der Waals surface area (Å²) in [6.07, 6.45) is 0.985. The van der Waals surface area contributed by atoms with Crippen LogP contribution in [-0.2, 0) is 16.4 Å². The van der Waals surface area contributed by atoms with Crippen molar-refractivity contribution in [3.63, 3.8) is 0 Å². The minimum absolute atomic E-state index is 0.0953. The van der Waals surface area contributed by atoms with Gasteiger partial charge in [-0.2, -0.15) is 0 Å². The summed E-state index contributed by atoms with van der Waals surface area (Å²) in [4.78, 5) is 20.7. The molecule has 0 spiro atoms. The van der Waals surface area contributed by atoms with Gasteiger partial charge in [-0.3, -0.25) is 4.57 Å². The van der Waals surface area contributed by atoms with Gasteiger partial charge in [-0.25, -0.2) is 0 Å². The summed E-state index contributed by atoms with van der Waals surface area (Å²) in [5, 5.41) is 0. The van der Waals surface area contributed by atoms with Crippen LogP contribution in [0.5, 0.6) is 0 Å². The van der Waals surface area contributed by atoms with E-state index in [2.05, 4.69) is 134 Å². The van der Waals surface area contributed by atoms with Crippen molar-refractivity contribution in [3.8, 4) is 22.3 Å². The molecular formula is C36H34NO3P. The van der Waals surface area contributed by atoms with E-state index in [1.54, 1.807) is 0 Å². The van der Waals surface area contributed by atoms with Crippen LogP contribution in [0.15, 0.2) is 121 Å². The molecule has 5 aromatic carbocycles. The quantitative estimate of drug-likeness (QED) is 0.186. The summed E-state index contributed by atoms with van der Waals surface area (Å²) >= 11 is 0. The van der Waals surface area contributed by atoms with E-state index in [4.69, 9.17) is 0 Å². The minimum Gasteiger partial charge on any atom is -0.324 e. The normalized spacial score (nSPS) is 13.5. The predicted molar refractivity (Wildman–Crippen MR) is 169 cm³/mol. The minimum atomic E-state index is -3.98. The van der Waals surface area contributed by atoms with Gasteiger partial charge < -0.3 is 14.7 Å². The van der Waals surface area contributed by atoms with Gasteiger partial charge in [0.2, 0.25) is 0 Å². The second-order valence-corrected chi connectivity index (χ2v) is 13.1. The van der Waals surface area contributed by atoms with E-state index in [-0.39, 0.29) is 11.6 Å². The van der Waals surface area contributed by atoms with Gasteiger partial charge in [-0.1, -0.05) is 98.8 Å². The SMILES string of the molecule is CC1(C)c2ccccc2-c2ccc(N(c3ccc(CCCP(=O)(O)O)cc3)c3ccc(-c4ccccc4)cc3)cc21. The highest BCUT2D eigenvalue weighted by Crippen LogP contribution is 2.50. The number of aryl methyl sites for hydroxylation is 1. The van der Waals surface area contributed by atoms with Crippen molar-refractivity contribution >= 4 is 24.7 Å². The molecule has 0 fully saturated rings. The first-order valence-corrected chi connectivity index (χ1v) is 15.8. The molecule has 0 radical (unpaired) electrons. The van der Waals surface area contributed by atoms with Gasteiger partial charge in [0.25, 0.3) is 0 Å². The average molecular weight is 560 g/mol. The van der Waals surface area contributed by atoms with Crippen LogP contribution in [0.1, 0.15) is 37.0 Å². The van der Waals surface area contributed by atoms with Gasteiger partial charge in [0.15, 0.2) is 0 Å². The van der Waals surface area contributed by atoms with E-state index in [9.17, 15) is 14.4 Å². The molecule has 0 bridgehead atoms. The lowest BCUT2D eigenvalue weighted by Crippen LogP contribution is -2.16. The molecule has 5 aromatic rings. The van der Waals surface area contributed by atoms with Crippen LogP contribution in [0.25, 0.3) is 22.3 Å². The Hall–Kier alpha value is -3.95. The van der Waals surface area contributed by atoms with E-state index in [1.807, 2.05) is 6.07 Å². The third kappa shape index (κ3) is 5.52. The molecule has 4 nitrogen and oxygen atoms in total. The van der Waals surface area contributed by atoms with Crippen LogP contribution in [0, 0.1) is 0 Å². The summed E-state index contributed by atoms with van der Waals surface area (Å²) in [6, 6.07) is 42.9. The van der Waals surface area contributed by atoms with Crippen LogP contribution >= 0.6 is 7.60 Å². The molecule has 206 valence electrons. The zero-order chi connectivity index (χ0) is 28.6. The molecule has 0 unspecified atom stereocenters. The first kappa shape index (κ1) is 27.2. The maximum atomic E-state index is 11.3. The van der Waals surface area contributed by atoms with Crippen molar-refractivity contribution in [2.45, 2.75) is 32.1 Å². The lowest BCUT2D eigenvalue weighted by Gasteiger charge is -2.28. The van der Waals surface area contributed by atoms with E-state index in [1.165, 1.54) is 33.4 Å². The first-order valence-electron chi connectivity index (χ1n) is 14.0. The Bertz CT molecular complexity index is 1720. The number of hydrogen-bond acceptors (Lipinski definition) is 2. The zero-order valence-electron chi connectivity index (χ0n) is 23.4. The zero-order valence-corrected chi connectivity index (χ0v) is 24.3. The van der Waals surface area contributed by atoms with Crippen LogP contribution in [0.3, 0.4) is 0 Å². The van der Waals surface area contributed by atoms with Crippen molar-refractivity contribution in [2.75, 3.05) is 11.1 Å². The average Bonchev–Trinajstić information content (AvgIpc) is 3.20. The molecule has 1 aliphatic rings. The molecular weight excluding hydrogens is 525 g/mol. The van der Waals surface area contributed by atoms with Gasteiger partial charge in [0.1, 0.15) is 0 Å². The van der Waals surface area contributed by atoms with Crippen LogP contribution in [0.2, 0.25) is 0 Å². The molecule has 5 heteroatoms. The number of fused-ring (bicyclic) bond motifs is 3. The number of benzene rings is 5. The lowest BCUT2D eigenvalue weighted by atomic mass is 9.82. The van der Waals surface area contributed by atoms with Gasteiger partial charge in [0.05, 0.1) is 6.16 Å². The number of nitrogens with zero attached hydrogens (tertiary/aromatic N) is 1. The number of anilines is 3. The predicted octanol–water partition coefficient (Wildman–Crippen LogP) is 9.24. The molecule has 1 aliphatic carbocycles. The second-order valence-electron chi connectivity index (χ2n) is 11.3. The molecule has 2 N–H and O–H groups in total. The molecule has 0 aliphatic heterocycles. The van der Waals surface area contributed by atoms with Crippen molar-refractivity contribution in [1.29, 1.82) is 0 Å². The third-order valence-electron chi connectivity index (χ3n) is 8.17. The van der Waals surface area contributed by atoms with Gasteiger partial charge >= 0.3 is 7.60 Å². The summed E-state index contributed by atoms with van der Waals surface area (Å²) in [7, 11) is -3.98. The highest BCUT2D eigenvalue weighted by molar-refractivity contribution is 7.51. The van der Waals surface area contributed by atoms with Gasteiger partial charge in [-0.15, -0.1) is 0 Å². The summed E-state index contributed by atoms with van der Waals surface area (Å²) < 4.78 is 11.3. The van der Waals surface area contributed by atoms with Gasteiger partial charge in [-0.05, 0) is 88.2 Å². The second kappa shape index (κ2) is 10.8. The highest BCUT2D eigenvalue weighted by Gasteiger charge is 2.35. The Morgan fingerprint density at radius 2 is 1.20 bits per heavy atom. The van der Waals surface area contributed by atoms with E-state index in [0.717, 1.165) is 22.6 Å². The third-order valence-corrected chi connectivity index (χ3v) is 9.07. The summed E-state index contributed by atoms with van der Waals surface area (Å²) in [6.45, 7) is 4.60. The van der Waals surface area contributed by atoms with Crippen molar-refractivity contribution < 1.29 is 14.4 Å². The molecule has 0 atom stereocenters. The van der Waals surface area contributed by atoms with Crippen LogP contribution in [-0.4, -0.2) is 15.9 Å². The lowest BCUT2D eigenvalue weighted by molar-refractivity contribution is 0.371. The molecule has 41 heavy (non-hydrogen) atoms. The summed E-state index contributed by atoms with van der Waals surface area (Å²) in [5.41, 5.74) is 11.7. The van der Waals surface area contributed by atoms with Gasteiger partial charge in [0, 0.05) is 22.5 Å². The summed E-state index contributed by atoms with van der Waals surface area (Å²) in [5.74, 6) is 0. The van der Waals surface area contributed by atoms with E-state index >= 15 is 0 Å². The fraction of sp³-hybridized carbons (Fsp3) is 0.167. The van der Waals surface area contributed by atoms with E-state index in [0.29, 0.717) is 12.8 Å². The smallest absolute Gasteiger partial charge is 0.324 e. The molecule has 0 saturated carbocycles. The molecule has 0 heterocycles. The Balaban J connectivity index is 1.39. The Labute approximate surface area is 242 Å². The molecule has 6 rings (SSSR count). The molecule has 0 amide bonds. The topological polar surface area (TPSA) is 60.8 Å². The Morgan fingerprint density at radius 3 is 1.88 bits per heavy atom. The standard InChI is InChI=1S/C36H34NO3P/c1-36(2)34-13-7-6-12-32(34)33-23-22-31(25-35(33)36)37(29-18-14-26(15-19-29)9-8-24-41(38,39)40)30-20-16-28(17-21-30)27-10-4-3-5-11-27/h3-7,10-23,25H,8-9,24H2,1-2H3,(H2,38,39,40).